The van der Waals surface area contributed by atoms with Gasteiger partial charge < -0.3 is 10.1 Å². The van der Waals surface area contributed by atoms with Gasteiger partial charge in [0.15, 0.2) is 12.3 Å². The van der Waals surface area contributed by atoms with E-state index in [4.69, 9.17) is 16.4 Å². The number of halogens is 4. The van der Waals surface area contributed by atoms with E-state index >= 15 is 0 Å². The average molecular weight is 386 g/mol. The number of nitrogens with two attached hydrogens (primary N) is 2. The van der Waals surface area contributed by atoms with Crippen LogP contribution in [0.2, 0.25) is 0 Å². The summed E-state index contributed by atoms with van der Waals surface area (Å²) in [5, 5.41) is 2.21. The minimum absolute atomic E-state index is 0.206. The second-order valence-electron chi connectivity index (χ2n) is 5.23. The molecule has 0 saturated heterocycles. The lowest BCUT2D eigenvalue weighted by Crippen LogP contribution is -2.29. The van der Waals surface area contributed by atoms with E-state index in [1.165, 1.54) is 17.1 Å². The summed E-state index contributed by atoms with van der Waals surface area (Å²) < 4.78 is 57.7. The highest BCUT2D eigenvalue weighted by atomic mass is 19.4. The van der Waals surface area contributed by atoms with E-state index < -0.39 is 30.1 Å². The van der Waals surface area contributed by atoms with Crippen LogP contribution in [0.3, 0.4) is 0 Å². The van der Waals surface area contributed by atoms with Crippen LogP contribution in [0.25, 0.3) is 0 Å². The van der Waals surface area contributed by atoms with Gasteiger partial charge in [-0.2, -0.15) is 19.0 Å². The van der Waals surface area contributed by atoms with Crippen LogP contribution in [0.4, 0.5) is 28.9 Å². The van der Waals surface area contributed by atoms with Crippen LogP contribution < -0.4 is 27.2 Å². The number of anilines is 1. The Morgan fingerprint density at radius 2 is 1.96 bits per heavy atom. The highest BCUT2D eigenvalue weighted by Gasteiger charge is 2.34. The molecule has 2 aromatic carbocycles. The number of benzene rings is 2. The molecule has 0 bridgehead atoms. The summed E-state index contributed by atoms with van der Waals surface area (Å²) in [6, 6.07) is 8.49. The standard InChI is InChI=1S/C16H15F4N5O2/c17-14-5-4-10(6-13(14)16(18,19)20)24-15(26)8-27-12-3-1-2-11(7-12)25(22)9-23-21/h1-7,9H,8,21-22H2,(H,24,26)/p+1. The van der Waals surface area contributed by atoms with Gasteiger partial charge in [0.2, 0.25) is 0 Å². The summed E-state index contributed by atoms with van der Waals surface area (Å²) in [5.74, 6) is 8.93. The molecule has 0 unspecified atom stereocenters. The molecule has 0 heterocycles. The van der Waals surface area contributed by atoms with E-state index in [1.54, 1.807) is 18.2 Å². The van der Waals surface area contributed by atoms with Crippen molar-refractivity contribution in [2.24, 2.45) is 11.7 Å². The Balaban J connectivity index is 2.01. The van der Waals surface area contributed by atoms with Gasteiger partial charge in [-0.3, -0.25) is 10.6 Å². The number of alkyl halides is 3. The molecule has 2 aromatic rings. The second kappa shape index (κ2) is 8.36. The van der Waals surface area contributed by atoms with Crippen molar-refractivity contribution in [1.82, 2.24) is 5.43 Å². The third-order valence-corrected chi connectivity index (χ3v) is 3.25. The zero-order valence-electron chi connectivity index (χ0n) is 13.8. The van der Waals surface area contributed by atoms with Gasteiger partial charge in [0.25, 0.3) is 12.2 Å². The number of hydrogen-bond acceptors (Lipinski definition) is 4. The summed E-state index contributed by atoms with van der Waals surface area (Å²) in [6.07, 6.45) is -3.59. The number of hydrazone groups is 1. The Labute approximate surface area is 151 Å². The number of nitrogens with zero attached hydrogens (tertiary/aromatic N) is 1. The Bertz CT molecular complexity index is 855. The molecule has 27 heavy (non-hydrogen) atoms. The van der Waals surface area contributed by atoms with Crippen LogP contribution in [0.5, 0.6) is 5.75 Å². The average Bonchev–Trinajstić information content (AvgIpc) is 2.61. The fourth-order valence-electron chi connectivity index (χ4n) is 2.05. The Kier molecular flexibility index (Phi) is 6.19. The summed E-state index contributed by atoms with van der Waals surface area (Å²) in [7, 11) is 0. The van der Waals surface area contributed by atoms with Gasteiger partial charge in [-0.15, -0.1) is 4.68 Å². The Morgan fingerprint density at radius 1 is 1.22 bits per heavy atom. The molecule has 0 aliphatic carbocycles. The highest BCUT2D eigenvalue weighted by Crippen LogP contribution is 2.33. The third kappa shape index (κ3) is 5.57. The molecule has 0 aromatic heterocycles. The highest BCUT2D eigenvalue weighted by molar-refractivity contribution is 5.92. The molecule has 0 aliphatic rings. The molecular weight excluding hydrogens is 370 g/mol. The predicted molar refractivity (Wildman–Crippen MR) is 89.5 cm³/mol. The molecule has 0 saturated carbocycles. The lowest BCUT2D eigenvalue weighted by molar-refractivity contribution is -0.449. The van der Waals surface area contributed by atoms with Crippen molar-refractivity contribution in [2.45, 2.75) is 6.18 Å². The van der Waals surface area contributed by atoms with Crippen molar-refractivity contribution in [3.63, 3.8) is 0 Å². The molecule has 0 fully saturated rings. The molecule has 7 nitrogen and oxygen atoms in total. The number of rotatable bonds is 6. The van der Waals surface area contributed by atoms with Crippen molar-refractivity contribution in [2.75, 3.05) is 11.9 Å². The number of nitrogens with one attached hydrogen (secondary N) is 2. The maximum absolute atomic E-state index is 13.2. The summed E-state index contributed by atoms with van der Waals surface area (Å²) in [4.78, 5) is 11.9. The van der Waals surface area contributed by atoms with Crippen LogP contribution in [-0.4, -0.2) is 23.5 Å². The largest absolute Gasteiger partial charge is 0.484 e. The summed E-state index contributed by atoms with van der Waals surface area (Å²) in [5.41, 5.74) is 1.07. The first kappa shape index (κ1) is 20.0. The number of carbonyl (C=O) groups is 1. The SMILES string of the molecule is NN/C=[N+](\N)c1cccc(OCC(=O)Nc2ccc(F)c(C(F)(F)F)c2)c1. The van der Waals surface area contributed by atoms with E-state index in [2.05, 4.69) is 10.7 Å². The lowest BCUT2D eigenvalue weighted by Gasteiger charge is -2.11. The van der Waals surface area contributed by atoms with Crippen molar-refractivity contribution in [3.05, 3.63) is 53.8 Å². The zero-order valence-corrected chi connectivity index (χ0v) is 13.8. The fourth-order valence-corrected chi connectivity index (χ4v) is 2.05. The van der Waals surface area contributed by atoms with Gasteiger partial charge in [0, 0.05) is 11.8 Å². The van der Waals surface area contributed by atoms with Gasteiger partial charge in [-0.05, 0) is 30.3 Å². The number of amides is 1. The van der Waals surface area contributed by atoms with Crippen molar-refractivity contribution in [1.29, 1.82) is 0 Å². The van der Waals surface area contributed by atoms with E-state index in [9.17, 15) is 22.4 Å². The molecule has 0 atom stereocenters. The van der Waals surface area contributed by atoms with Gasteiger partial charge >= 0.3 is 6.18 Å². The van der Waals surface area contributed by atoms with Crippen LogP contribution in [-0.2, 0) is 11.0 Å². The van der Waals surface area contributed by atoms with E-state index in [0.29, 0.717) is 23.6 Å². The number of ether oxygens (including phenoxy) is 1. The van der Waals surface area contributed by atoms with Gasteiger partial charge in [0.1, 0.15) is 11.6 Å². The Hall–Kier alpha value is -3.34. The molecule has 0 radical (unpaired) electrons. The lowest BCUT2D eigenvalue weighted by atomic mass is 10.2. The molecule has 144 valence electrons. The predicted octanol–water partition coefficient (Wildman–Crippen LogP) is 1.87. The topological polar surface area (TPSA) is 105 Å². The van der Waals surface area contributed by atoms with E-state index in [0.717, 1.165) is 6.07 Å². The van der Waals surface area contributed by atoms with Crippen LogP contribution in [0.15, 0.2) is 42.5 Å². The maximum atomic E-state index is 13.2. The first-order chi connectivity index (χ1) is 12.7. The third-order valence-electron chi connectivity index (χ3n) is 3.25. The minimum Gasteiger partial charge on any atom is -0.484 e. The quantitative estimate of drug-likeness (QED) is 0.152. The van der Waals surface area contributed by atoms with Crippen molar-refractivity contribution >= 4 is 23.6 Å². The van der Waals surface area contributed by atoms with E-state index in [1.807, 2.05) is 0 Å². The Morgan fingerprint density at radius 3 is 2.63 bits per heavy atom. The summed E-state index contributed by atoms with van der Waals surface area (Å²) in [6.45, 7) is -0.481. The molecular formula is C16H16F4N5O2+. The van der Waals surface area contributed by atoms with Crippen LogP contribution in [0.1, 0.15) is 5.56 Å². The number of carbonyl (C=O) groups excluding carboxylic acids is 1. The van der Waals surface area contributed by atoms with Crippen molar-refractivity contribution < 1.29 is 31.8 Å². The molecule has 11 heteroatoms. The van der Waals surface area contributed by atoms with Crippen LogP contribution in [0, 0.1) is 5.82 Å². The monoisotopic (exact) mass is 386 g/mol. The minimum atomic E-state index is -4.87. The van der Waals surface area contributed by atoms with Gasteiger partial charge in [0.05, 0.1) is 5.56 Å². The number of hydrogen-bond donors (Lipinski definition) is 4. The summed E-state index contributed by atoms with van der Waals surface area (Å²) >= 11 is 0. The smallest absolute Gasteiger partial charge is 0.419 e. The van der Waals surface area contributed by atoms with Crippen LogP contribution >= 0.6 is 0 Å². The van der Waals surface area contributed by atoms with Crippen molar-refractivity contribution in [3.8, 4) is 5.75 Å². The molecule has 0 spiro atoms. The van der Waals surface area contributed by atoms with Gasteiger partial charge in [-0.25, -0.2) is 9.82 Å². The number of hydrazine groups is 2. The van der Waals surface area contributed by atoms with E-state index in [-0.39, 0.29) is 5.69 Å². The fraction of sp³-hybridized carbons (Fsp3) is 0.125. The molecule has 2 rings (SSSR count). The second-order valence-corrected chi connectivity index (χ2v) is 5.23. The first-order valence-corrected chi connectivity index (χ1v) is 7.43. The molecule has 0 aliphatic heterocycles. The van der Waals surface area contributed by atoms with Gasteiger partial charge in [-0.1, -0.05) is 6.07 Å². The molecule has 1 amide bonds. The normalized spacial score (nSPS) is 11.8. The molecule has 6 N–H and O–H groups in total. The first-order valence-electron chi connectivity index (χ1n) is 7.43. The zero-order chi connectivity index (χ0) is 20.0. The maximum Gasteiger partial charge on any atom is 0.419 e.